The third-order valence-corrected chi connectivity index (χ3v) is 3.68. The van der Waals surface area contributed by atoms with Crippen LogP contribution >= 0.6 is 0 Å². The predicted octanol–water partition coefficient (Wildman–Crippen LogP) is 2.74. The molecule has 6 heteroatoms. The number of carbonyl (C=O) groups is 1. The van der Waals surface area contributed by atoms with Crippen LogP contribution in [0.3, 0.4) is 0 Å². The topological polar surface area (TPSA) is 40.5 Å². The number of hydrogen-bond acceptors (Lipinski definition) is 2. The van der Waals surface area contributed by atoms with Crippen LogP contribution in [-0.2, 0) is 4.79 Å². The van der Waals surface area contributed by atoms with Gasteiger partial charge in [-0.3, -0.25) is 4.79 Å². The van der Waals surface area contributed by atoms with E-state index in [0.717, 1.165) is 12.0 Å². The first-order valence-electron chi connectivity index (χ1n) is 6.44. The highest BCUT2D eigenvalue weighted by Gasteiger charge is 2.46. The normalized spacial score (nSPS) is 21.9. The summed E-state index contributed by atoms with van der Waals surface area (Å²) in [6, 6.07) is 9.58. The van der Waals surface area contributed by atoms with E-state index in [0.29, 0.717) is 13.1 Å². The van der Waals surface area contributed by atoms with Crippen LogP contribution in [0.4, 0.5) is 13.2 Å². The molecule has 1 saturated heterocycles. The molecule has 1 heterocycles. The Morgan fingerprint density at radius 1 is 1.35 bits per heavy atom. The highest BCUT2D eigenvalue weighted by Crippen LogP contribution is 2.31. The van der Waals surface area contributed by atoms with Crippen LogP contribution in [0.25, 0.3) is 0 Å². The molecule has 1 N–H and O–H groups in total. The number of carboxylic acid groups (broad SMARTS) is 1. The van der Waals surface area contributed by atoms with E-state index in [2.05, 4.69) is 0 Å². The predicted molar refractivity (Wildman–Crippen MR) is 67.4 cm³/mol. The van der Waals surface area contributed by atoms with Crippen LogP contribution in [0, 0.1) is 5.92 Å². The van der Waals surface area contributed by atoms with Gasteiger partial charge in [0, 0.05) is 13.1 Å². The Bertz CT molecular complexity index is 461. The molecule has 1 aromatic carbocycles. The Balaban J connectivity index is 1.98. The molecule has 2 unspecified atom stereocenters. The molecule has 1 aromatic rings. The van der Waals surface area contributed by atoms with Gasteiger partial charge in [-0.1, -0.05) is 30.3 Å². The van der Waals surface area contributed by atoms with Gasteiger partial charge in [0.25, 0.3) is 0 Å². The minimum Gasteiger partial charge on any atom is -0.481 e. The van der Waals surface area contributed by atoms with E-state index in [1.807, 2.05) is 30.3 Å². The summed E-state index contributed by atoms with van der Waals surface area (Å²) in [5.74, 6) is -3.93. The van der Waals surface area contributed by atoms with Crippen molar-refractivity contribution in [2.45, 2.75) is 18.5 Å². The van der Waals surface area contributed by atoms with Gasteiger partial charge in [0.2, 0.25) is 0 Å². The molecule has 1 aliphatic heterocycles. The maximum atomic E-state index is 12.6. The lowest BCUT2D eigenvalue weighted by atomic mass is 9.99. The van der Waals surface area contributed by atoms with Crippen molar-refractivity contribution in [1.29, 1.82) is 0 Å². The molecule has 0 saturated carbocycles. The smallest absolute Gasteiger partial charge is 0.403 e. The minimum absolute atomic E-state index is 0.180. The SMILES string of the molecule is O=C(O)C(CN1CCC(c2ccccc2)C1)C(F)(F)F. The van der Waals surface area contributed by atoms with Crippen LogP contribution in [0.1, 0.15) is 17.9 Å². The van der Waals surface area contributed by atoms with Gasteiger partial charge in [0.05, 0.1) is 0 Å². The molecule has 0 aromatic heterocycles. The van der Waals surface area contributed by atoms with Crippen LogP contribution in [-0.4, -0.2) is 41.8 Å². The third kappa shape index (κ3) is 3.50. The Labute approximate surface area is 115 Å². The van der Waals surface area contributed by atoms with Crippen LogP contribution in [0.2, 0.25) is 0 Å². The second-order valence-corrected chi connectivity index (χ2v) is 5.09. The molecule has 0 aliphatic carbocycles. The number of benzene rings is 1. The van der Waals surface area contributed by atoms with Gasteiger partial charge in [-0.15, -0.1) is 0 Å². The van der Waals surface area contributed by atoms with Crippen molar-refractivity contribution in [1.82, 2.24) is 4.90 Å². The number of hydrogen-bond donors (Lipinski definition) is 1. The van der Waals surface area contributed by atoms with E-state index in [9.17, 15) is 18.0 Å². The fourth-order valence-corrected chi connectivity index (χ4v) is 2.58. The largest absolute Gasteiger partial charge is 0.481 e. The standard InChI is InChI=1S/C14H16F3NO2/c15-14(16,17)12(13(19)20)9-18-7-6-11(8-18)10-4-2-1-3-5-10/h1-5,11-12H,6-9H2,(H,19,20). The van der Waals surface area contributed by atoms with Crippen molar-refractivity contribution >= 4 is 5.97 Å². The van der Waals surface area contributed by atoms with E-state index in [1.165, 1.54) is 0 Å². The van der Waals surface area contributed by atoms with Crippen molar-refractivity contribution in [2.24, 2.45) is 5.92 Å². The summed E-state index contributed by atoms with van der Waals surface area (Å²) >= 11 is 0. The number of rotatable bonds is 4. The average Bonchev–Trinajstić information content (AvgIpc) is 2.84. The van der Waals surface area contributed by atoms with E-state index in [-0.39, 0.29) is 5.92 Å². The fraction of sp³-hybridized carbons (Fsp3) is 0.500. The molecule has 0 radical (unpaired) electrons. The van der Waals surface area contributed by atoms with Crippen LogP contribution in [0.5, 0.6) is 0 Å². The highest BCUT2D eigenvalue weighted by atomic mass is 19.4. The molecule has 0 amide bonds. The fourth-order valence-electron chi connectivity index (χ4n) is 2.58. The molecule has 110 valence electrons. The lowest BCUT2D eigenvalue weighted by Crippen LogP contribution is -2.40. The summed E-state index contributed by atoms with van der Waals surface area (Å²) in [5, 5.41) is 8.71. The number of nitrogens with zero attached hydrogens (tertiary/aromatic N) is 1. The molecular formula is C14H16F3NO2. The number of carboxylic acids is 1. The van der Waals surface area contributed by atoms with E-state index >= 15 is 0 Å². The summed E-state index contributed by atoms with van der Waals surface area (Å²) < 4.78 is 37.9. The van der Waals surface area contributed by atoms with Gasteiger partial charge in [-0.25, -0.2) is 0 Å². The first-order valence-corrected chi connectivity index (χ1v) is 6.44. The zero-order chi connectivity index (χ0) is 14.8. The molecule has 20 heavy (non-hydrogen) atoms. The second-order valence-electron chi connectivity index (χ2n) is 5.09. The van der Waals surface area contributed by atoms with Crippen molar-refractivity contribution in [3.8, 4) is 0 Å². The molecule has 1 aliphatic rings. The summed E-state index contributed by atoms with van der Waals surface area (Å²) in [4.78, 5) is 12.3. The lowest BCUT2D eigenvalue weighted by Gasteiger charge is -2.22. The Kier molecular flexibility index (Phi) is 4.32. The third-order valence-electron chi connectivity index (χ3n) is 3.68. The molecule has 0 bridgehead atoms. The second kappa shape index (κ2) is 5.83. The maximum Gasteiger partial charge on any atom is 0.403 e. The Hall–Kier alpha value is -1.56. The molecule has 2 atom stereocenters. The zero-order valence-electron chi connectivity index (χ0n) is 10.8. The van der Waals surface area contributed by atoms with Gasteiger partial charge in [-0.05, 0) is 24.4 Å². The van der Waals surface area contributed by atoms with Crippen molar-refractivity contribution in [3.05, 3.63) is 35.9 Å². The summed E-state index contributed by atoms with van der Waals surface area (Å²) in [7, 11) is 0. The van der Waals surface area contributed by atoms with Gasteiger partial charge >= 0.3 is 12.1 Å². The maximum absolute atomic E-state index is 12.6. The number of aliphatic carboxylic acids is 1. The Morgan fingerprint density at radius 3 is 2.55 bits per heavy atom. The van der Waals surface area contributed by atoms with Gasteiger partial charge in [-0.2, -0.15) is 13.2 Å². The van der Waals surface area contributed by atoms with E-state index in [4.69, 9.17) is 5.11 Å². The van der Waals surface area contributed by atoms with Gasteiger partial charge in [0.1, 0.15) is 0 Å². The molecular weight excluding hydrogens is 271 g/mol. The zero-order valence-corrected chi connectivity index (χ0v) is 10.8. The van der Waals surface area contributed by atoms with E-state index < -0.39 is 24.6 Å². The van der Waals surface area contributed by atoms with Gasteiger partial charge < -0.3 is 10.0 Å². The number of likely N-dealkylation sites (tertiary alicyclic amines) is 1. The molecule has 3 nitrogen and oxygen atoms in total. The first kappa shape index (κ1) is 14.8. The van der Waals surface area contributed by atoms with E-state index in [1.54, 1.807) is 4.90 Å². The summed E-state index contributed by atoms with van der Waals surface area (Å²) in [5.41, 5.74) is 1.09. The molecule has 1 fully saturated rings. The number of alkyl halides is 3. The molecule has 2 rings (SSSR count). The van der Waals surface area contributed by atoms with Crippen molar-refractivity contribution < 1.29 is 23.1 Å². The monoisotopic (exact) mass is 287 g/mol. The van der Waals surface area contributed by atoms with Crippen molar-refractivity contribution in [3.63, 3.8) is 0 Å². The summed E-state index contributed by atoms with van der Waals surface area (Å²) in [6.45, 7) is 0.505. The van der Waals surface area contributed by atoms with Crippen molar-refractivity contribution in [2.75, 3.05) is 19.6 Å². The Morgan fingerprint density at radius 2 is 2.00 bits per heavy atom. The lowest BCUT2D eigenvalue weighted by molar-refractivity contribution is -0.196. The average molecular weight is 287 g/mol. The van der Waals surface area contributed by atoms with Crippen LogP contribution in [0.15, 0.2) is 30.3 Å². The summed E-state index contributed by atoms with van der Waals surface area (Å²) in [6.07, 6.45) is -3.94. The highest BCUT2D eigenvalue weighted by molar-refractivity contribution is 5.71. The quantitative estimate of drug-likeness (QED) is 0.925. The molecule has 0 spiro atoms. The minimum atomic E-state index is -4.70. The van der Waals surface area contributed by atoms with Gasteiger partial charge in [0.15, 0.2) is 5.92 Å². The first-order chi connectivity index (χ1) is 9.38. The van der Waals surface area contributed by atoms with Crippen LogP contribution < -0.4 is 0 Å². The number of halogens is 3.